The fourth-order valence-corrected chi connectivity index (χ4v) is 3.98. The zero-order chi connectivity index (χ0) is 12.8. The third kappa shape index (κ3) is 1.55. The quantitative estimate of drug-likeness (QED) is 0.663. The average Bonchev–Trinajstić information content (AvgIpc) is 2.26. The molecule has 0 aromatic rings. The van der Waals surface area contributed by atoms with Crippen molar-refractivity contribution in [1.82, 2.24) is 0 Å². The molecule has 0 bridgehead atoms. The monoisotopic (exact) mass is 232 g/mol. The molecule has 1 saturated carbocycles. The van der Waals surface area contributed by atoms with E-state index in [0.717, 1.165) is 12.8 Å². The van der Waals surface area contributed by atoms with Gasteiger partial charge in [0.05, 0.1) is 0 Å². The number of allylic oxidation sites excluding steroid dienone is 4. The molecule has 0 amide bonds. The number of Topliss-reactive ketones (excluding diaryl/α,β-unsaturated/α-hetero) is 1. The first-order valence-electron chi connectivity index (χ1n) is 6.70. The number of hydrogen-bond acceptors (Lipinski definition) is 1. The lowest BCUT2D eigenvalue weighted by atomic mass is 9.48. The Morgan fingerprint density at radius 2 is 2.00 bits per heavy atom. The Balaban J connectivity index is 2.53. The van der Waals surface area contributed by atoms with Gasteiger partial charge >= 0.3 is 0 Å². The van der Waals surface area contributed by atoms with E-state index in [9.17, 15) is 4.79 Å². The van der Waals surface area contributed by atoms with Crippen LogP contribution in [0.2, 0.25) is 0 Å². The molecule has 3 unspecified atom stereocenters. The van der Waals surface area contributed by atoms with E-state index < -0.39 is 0 Å². The first-order chi connectivity index (χ1) is 7.81. The molecule has 2 rings (SSSR count). The van der Waals surface area contributed by atoms with Gasteiger partial charge in [0.1, 0.15) is 5.78 Å². The van der Waals surface area contributed by atoms with Crippen LogP contribution in [0.25, 0.3) is 0 Å². The molecule has 1 nitrogen and oxygen atoms in total. The van der Waals surface area contributed by atoms with Gasteiger partial charge in [-0.1, -0.05) is 51.5 Å². The molecule has 2 aliphatic carbocycles. The van der Waals surface area contributed by atoms with Gasteiger partial charge in [-0.25, -0.2) is 0 Å². The highest BCUT2D eigenvalue weighted by molar-refractivity contribution is 5.84. The lowest BCUT2D eigenvalue weighted by Gasteiger charge is -2.55. The second-order valence-electron chi connectivity index (χ2n) is 6.50. The third-order valence-corrected chi connectivity index (χ3v) is 5.65. The van der Waals surface area contributed by atoms with E-state index in [0.29, 0.717) is 17.6 Å². The molecule has 0 saturated heterocycles. The highest BCUT2D eigenvalue weighted by Crippen LogP contribution is 2.59. The minimum Gasteiger partial charge on any atom is -0.299 e. The number of carbonyl (C=O) groups is 1. The van der Waals surface area contributed by atoms with Crippen LogP contribution in [0.3, 0.4) is 0 Å². The SMILES string of the molecule is CC(=O)C1(C)C(C)CC2CC=CC=C2C1(C)C. The van der Waals surface area contributed by atoms with Gasteiger partial charge in [0.25, 0.3) is 0 Å². The predicted molar refractivity (Wildman–Crippen MR) is 71.7 cm³/mol. The summed E-state index contributed by atoms with van der Waals surface area (Å²) in [5.74, 6) is 1.45. The summed E-state index contributed by atoms with van der Waals surface area (Å²) < 4.78 is 0. The van der Waals surface area contributed by atoms with Gasteiger partial charge in [-0.15, -0.1) is 0 Å². The van der Waals surface area contributed by atoms with E-state index in [1.165, 1.54) is 5.57 Å². The Morgan fingerprint density at radius 1 is 1.35 bits per heavy atom. The van der Waals surface area contributed by atoms with Gasteiger partial charge in [-0.2, -0.15) is 0 Å². The minimum absolute atomic E-state index is 0.0219. The van der Waals surface area contributed by atoms with Crippen LogP contribution < -0.4 is 0 Å². The lowest BCUT2D eigenvalue weighted by Crippen LogP contribution is -2.52. The van der Waals surface area contributed by atoms with Crippen molar-refractivity contribution in [2.45, 2.75) is 47.5 Å². The van der Waals surface area contributed by atoms with Crippen LogP contribution in [0, 0.1) is 22.7 Å². The maximum Gasteiger partial charge on any atom is 0.136 e. The molecule has 2 aliphatic rings. The third-order valence-electron chi connectivity index (χ3n) is 5.65. The van der Waals surface area contributed by atoms with Crippen molar-refractivity contribution < 1.29 is 4.79 Å². The average molecular weight is 232 g/mol. The number of ketones is 1. The van der Waals surface area contributed by atoms with Crippen molar-refractivity contribution in [3.05, 3.63) is 23.8 Å². The van der Waals surface area contributed by atoms with Gasteiger partial charge in [0.2, 0.25) is 0 Å². The van der Waals surface area contributed by atoms with Gasteiger partial charge in [0.15, 0.2) is 0 Å². The lowest BCUT2D eigenvalue weighted by molar-refractivity contribution is -0.138. The van der Waals surface area contributed by atoms with Crippen LogP contribution in [-0.4, -0.2) is 5.78 Å². The molecule has 17 heavy (non-hydrogen) atoms. The number of carbonyl (C=O) groups excluding carboxylic acids is 1. The summed E-state index contributed by atoms with van der Waals surface area (Å²) in [6.07, 6.45) is 8.96. The molecular weight excluding hydrogens is 208 g/mol. The summed E-state index contributed by atoms with van der Waals surface area (Å²) in [4.78, 5) is 12.2. The number of hydrogen-bond donors (Lipinski definition) is 0. The van der Waals surface area contributed by atoms with Gasteiger partial charge in [-0.3, -0.25) is 4.79 Å². The Hall–Kier alpha value is -0.850. The molecule has 94 valence electrons. The molecule has 0 aliphatic heterocycles. The van der Waals surface area contributed by atoms with Crippen LogP contribution in [0.15, 0.2) is 23.8 Å². The molecule has 0 heterocycles. The van der Waals surface area contributed by atoms with Crippen molar-refractivity contribution in [3.63, 3.8) is 0 Å². The summed E-state index contributed by atoms with van der Waals surface area (Å²) in [5.41, 5.74) is 1.24. The Morgan fingerprint density at radius 3 is 2.59 bits per heavy atom. The number of rotatable bonds is 1. The van der Waals surface area contributed by atoms with Gasteiger partial charge < -0.3 is 0 Å². The standard InChI is InChI=1S/C16H24O/c1-11-10-13-8-6-7-9-14(13)15(3,4)16(11,5)12(2)17/h6-7,9,11,13H,8,10H2,1-5H3. The van der Waals surface area contributed by atoms with Crippen LogP contribution in [0.4, 0.5) is 0 Å². The van der Waals surface area contributed by atoms with Crippen LogP contribution >= 0.6 is 0 Å². The fourth-order valence-electron chi connectivity index (χ4n) is 3.98. The summed E-state index contributed by atoms with van der Waals surface area (Å²) in [6.45, 7) is 10.7. The molecule has 0 aromatic heterocycles. The maximum atomic E-state index is 12.2. The molecule has 1 fully saturated rings. The topological polar surface area (TPSA) is 17.1 Å². The van der Waals surface area contributed by atoms with Gasteiger partial charge in [-0.05, 0) is 37.0 Å². The summed E-state index contributed by atoms with van der Waals surface area (Å²) >= 11 is 0. The van der Waals surface area contributed by atoms with E-state index in [2.05, 4.69) is 45.9 Å². The van der Waals surface area contributed by atoms with Crippen molar-refractivity contribution in [1.29, 1.82) is 0 Å². The highest BCUT2D eigenvalue weighted by atomic mass is 16.1. The Kier molecular flexibility index (Phi) is 2.84. The molecule has 3 atom stereocenters. The van der Waals surface area contributed by atoms with Gasteiger partial charge in [0, 0.05) is 5.41 Å². The van der Waals surface area contributed by atoms with Crippen LogP contribution in [0.5, 0.6) is 0 Å². The van der Waals surface area contributed by atoms with E-state index in [1.807, 2.05) is 0 Å². The Bertz CT molecular complexity index is 400. The maximum absolute atomic E-state index is 12.2. The van der Waals surface area contributed by atoms with Crippen molar-refractivity contribution in [2.75, 3.05) is 0 Å². The van der Waals surface area contributed by atoms with E-state index in [4.69, 9.17) is 0 Å². The summed E-state index contributed by atoms with van der Waals surface area (Å²) in [7, 11) is 0. The van der Waals surface area contributed by atoms with Crippen LogP contribution in [-0.2, 0) is 4.79 Å². The van der Waals surface area contributed by atoms with E-state index in [-0.39, 0.29) is 10.8 Å². The molecular formula is C16H24O. The Labute approximate surface area is 105 Å². The molecule has 0 aromatic carbocycles. The molecule has 0 N–H and O–H groups in total. The largest absolute Gasteiger partial charge is 0.299 e. The molecule has 1 heteroatoms. The minimum atomic E-state index is -0.222. The van der Waals surface area contributed by atoms with Crippen molar-refractivity contribution in [3.8, 4) is 0 Å². The summed E-state index contributed by atoms with van der Waals surface area (Å²) in [5, 5.41) is 0. The van der Waals surface area contributed by atoms with Crippen molar-refractivity contribution >= 4 is 5.78 Å². The van der Waals surface area contributed by atoms with E-state index >= 15 is 0 Å². The second-order valence-corrected chi connectivity index (χ2v) is 6.50. The smallest absolute Gasteiger partial charge is 0.136 e. The first-order valence-corrected chi connectivity index (χ1v) is 6.70. The molecule has 0 radical (unpaired) electrons. The highest BCUT2D eigenvalue weighted by Gasteiger charge is 2.55. The van der Waals surface area contributed by atoms with Crippen LogP contribution in [0.1, 0.15) is 47.5 Å². The zero-order valence-corrected chi connectivity index (χ0v) is 11.7. The summed E-state index contributed by atoms with van der Waals surface area (Å²) in [6, 6.07) is 0. The zero-order valence-electron chi connectivity index (χ0n) is 11.7. The van der Waals surface area contributed by atoms with E-state index in [1.54, 1.807) is 6.92 Å². The molecule has 0 spiro atoms. The first kappa shape index (κ1) is 12.6. The number of fused-ring (bicyclic) bond motifs is 1. The second kappa shape index (κ2) is 3.83. The normalized spacial score (nSPS) is 39.5. The predicted octanol–water partition coefficient (Wildman–Crippen LogP) is 4.15. The van der Waals surface area contributed by atoms with Crippen molar-refractivity contribution in [2.24, 2.45) is 22.7 Å². The fraction of sp³-hybridized carbons (Fsp3) is 0.688.